The Labute approximate surface area is 144 Å². The third kappa shape index (κ3) is 7.48. The van der Waals surface area contributed by atoms with Crippen molar-refractivity contribution in [1.29, 1.82) is 0 Å². The topological polar surface area (TPSA) is 81.4 Å². The van der Waals surface area contributed by atoms with Gasteiger partial charge in [0, 0.05) is 6.54 Å². The summed E-state index contributed by atoms with van der Waals surface area (Å²) in [7, 11) is 0. The number of rotatable bonds is 8. The highest BCUT2D eigenvalue weighted by molar-refractivity contribution is 5.85. The Balaban J connectivity index is 0.00000484. The van der Waals surface area contributed by atoms with Gasteiger partial charge in [-0.1, -0.05) is 44.2 Å². The molecule has 3 N–H and O–H groups in total. The lowest BCUT2D eigenvalue weighted by Crippen LogP contribution is -2.43. The first-order chi connectivity index (χ1) is 10.5. The van der Waals surface area contributed by atoms with E-state index in [-0.39, 0.29) is 30.8 Å². The van der Waals surface area contributed by atoms with Crippen molar-refractivity contribution in [2.45, 2.75) is 39.2 Å². The molecule has 1 aromatic rings. The number of hydrogen-bond acceptors (Lipinski definition) is 4. The Morgan fingerprint density at radius 1 is 1.22 bits per heavy atom. The van der Waals surface area contributed by atoms with Gasteiger partial charge in [-0.15, -0.1) is 12.4 Å². The lowest BCUT2D eigenvalue weighted by molar-refractivity contribution is -0.144. The van der Waals surface area contributed by atoms with Gasteiger partial charge in [0.2, 0.25) is 5.91 Å². The Morgan fingerprint density at radius 2 is 1.83 bits per heavy atom. The lowest BCUT2D eigenvalue weighted by Gasteiger charge is -2.19. The number of amides is 1. The Kier molecular flexibility index (Phi) is 10.3. The zero-order valence-corrected chi connectivity index (χ0v) is 14.8. The Morgan fingerprint density at radius 3 is 2.35 bits per heavy atom. The fourth-order valence-corrected chi connectivity index (χ4v) is 2.21. The standard InChI is InChI=1S/C17H26N2O3.ClH/c1-4-22-17(21)14(13-8-6-5-7-9-13)11-19-16(20)15(18)10-12(2)3;/h5-9,12,14-15H,4,10-11,18H2,1-3H3,(H,19,20);1H/t14?,15-;/m0./s1. The number of hydrogen-bond donors (Lipinski definition) is 2. The molecule has 0 spiro atoms. The van der Waals surface area contributed by atoms with Crippen LogP contribution in [0.15, 0.2) is 30.3 Å². The molecule has 1 rings (SSSR count). The minimum Gasteiger partial charge on any atom is -0.465 e. The number of halogens is 1. The molecule has 0 bridgehead atoms. The second-order valence-corrected chi connectivity index (χ2v) is 5.70. The van der Waals surface area contributed by atoms with Crippen molar-refractivity contribution in [2.75, 3.05) is 13.2 Å². The van der Waals surface area contributed by atoms with Crippen molar-refractivity contribution in [3.8, 4) is 0 Å². The number of nitrogens with one attached hydrogen (secondary N) is 1. The third-order valence-corrected chi connectivity index (χ3v) is 3.32. The highest BCUT2D eigenvalue weighted by atomic mass is 35.5. The third-order valence-electron chi connectivity index (χ3n) is 3.32. The van der Waals surface area contributed by atoms with E-state index in [4.69, 9.17) is 10.5 Å². The Hall–Kier alpha value is -1.59. The van der Waals surface area contributed by atoms with Gasteiger partial charge in [0.25, 0.3) is 0 Å². The first kappa shape index (κ1) is 21.4. The average molecular weight is 343 g/mol. The minimum atomic E-state index is -0.557. The summed E-state index contributed by atoms with van der Waals surface area (Å²) in [4.78, 5) is 24.1. The molecule has 23 heavy (non-hydrogen) atoms. The van der Waals surface area contributed by atoms with Crippen molar-refractivity contribution < 1.29 is 14.3 Å². The molecule has 0 saturated carbocycles. The number of benzene rings is 1. The van der Waals surface area contributed by atoms with Crippen LogP contribution in [0.2, 0.25) is 0 Å². The van der Waals surface area contributed by atoms with E-state index in [1.165, 1.54) is 0 Å². The lowest BCUT2D eigenvalue weighted by atomic mass is 9.98. The van der Waals surface area contributed by atoms with Crippen molar-refractivity contribution in [3.63, 3.8) is 0 Å². The molecule has 2 atom stereocenters. The summed E-state index contributed by atoms with van der Waals surface area (Å²) in [6.45, 7) is 6.28. The highest BCUT2D eigenvalue weighted by Gasteiger charge is 2.24. The summed E-state index contributed by atoms with van der Waals surface area (Å²) in [6, 6.07) is 8.73. The van der Waals surface area contributed by atoms with E-state index in [0.29, 0.717) is 18.9 Å². The van der Waals surface area contributed by atoms with Gasteiger partial charge in [-0.2, -0.15) is 0 Å². The maximum atomic E-state index is 12.1. The smallest absolute Gasteiger partial charge is 0.315 e. The molecule has 5 nitrogen and oxygen atoms in total. The van der Waals surface area contributed by atoms with Crippen molar-refractivity contribution in [2.24, 2.45) is 11.7 Å². The molecule has 0 fully saturated rings. The number of ether oxygens (including phenoxy) is 1. The van der Waals surface area contributed by atoms with E-state index in [1.54, 1.807) is 6.92 Å². The van der Waals surface area contributed by atoms with Crippen LogP contribution >= 0.6 is 12.4 Å². The molecule has 130 valence electrons. The van der Waals surface area contributed by atoms with Crippen molar-refractivity contribution >= 4 is 24.3 Å². The maximum absolute atomic E-state index is 12.1. The highest BCUT2D eigenvalue weighted by Crippen LogP contribution is 2.16. The second kappa shape index (κ2) is 11.0. The molecule has 0 saturated heterocycles. The van der Waals surface area contributed by atoms with Crippen LogP contribution in [0.4, 0.5) is 0 Å². The second-order valence-electron chi connectivity index (χ2n) is 5.70. The van der Waals surface area contributed by atoms with E-state index < -0.39 is 12.0 Å². The normalized spacial score (nSPS) is 12.9. The predicted octanol–water partition coefficient (Wildman–Crippen LogP) is 2.24. The fourth-order valence-electron chi connectivity index (χ4n) is 2.21. The first-order valence-corrected chi connectivity index (χ1v) is 7.70. The zero-order valence-electron chi connectivity index (χ0n) is 14.0. The van der Waals surface area contributed by atoms with E-state index in [1.807, 2.05) is 44.2 Å². The molecule has 1 unspecified atom stereocenters. The molecule has 0 aliphatic heterocycles. The van der Waals surface area contributed by atoms with Gasteiger partial charge in [-0.3, -0.25) is 9.59 Å². The molecule has 1 amide bonds. The molecule has 0 aliphatic carbocycles. The van der Waals surface area contributed by atoms with Crippen molar-refractivity contribution in [3.05, 3.63) is 35.9 Å². The van der Waals surface area contributed by atoms with Crippen LogP contribution in [-0.2, 0) is 14.3 Å². The van der Waals surface area contributed by atoms with Crippen LogP contribution in [0.3, 0.4) is 0 Å². The largest absolute Gasteiger partial charge is 0.465 e. The van der Waals surface area contributed by atoms with Crippen LogP contribution in [0.5, 0.6) is 0 Å². The van der Waals surface area contributed by atoms with Gasteiger partial charge >= 0.3 is 5.97 Å². The van der Waals surface area contributed by atoms with Gasteiger partial charge in [0.05, 0.1) is 18.6 Å². The SMILES string of the molecule is CCOC(=O)C(CNC(=O)[C@@H](N)CC(C)C)c1ccccc1.Cl. The number of carbonyl (C=O) groups is 2. The van der Waals surface area contributed by atoms with Crippen LogP contribution in [0.25, 0.3) is 0 Å². The summed E-state index contributed by atoms with van der Waals surface area (Å²) in [5.41, 5.74) is 6.67. The van der Waals surface area contributed by atoms with Crippen LogP contribution < -0.4 is 11.1 Å². The zero-order chi connectivity index (χ0) is 16.5. The molecule has 0 aromatic heterocycles. The maximum Gasteiger partial charge on any atom is 0.315 e. The number of esters is 1. The summed E-state index contributed by atoms with van der Waals surface area (Å²) in [6.07, 6.45) is 0.612. The van der Waals surface area contributed by atoms with Gasteiger partial charge < -0.3 is 15.8 Å². The molecule has 6 heteroatoms. The van der Waals surface area contributed by atoms with Gasteiger partial charge in [0.1, 0.15) is 0 Å². The summed E-state index contributed by atoms with van der Waals surface area (Å²) in [5.74, 6) is -0.752. The van der Waals surface area contributed by atoms with Gasteiger partial charge in [-0.25, -0.2) is 0 Å². The first-order valence-electron chi connectivity index (χ1n) is 7.70. The molecule has 0 radical (unpaired) electrons. The summed E-state index contributed by atoms with van der Waals surface area (Å²) < 4.78 is 5.09. The van der Waals surface area contributed by atoms with Gasteiger partial charge in [0.15, 0.2) is 0 Å². The van der Waals surface area contributed by atoms with Crippen molar-refractivity contribution in [1.82, 2.24) is 5.32 Å². The molecule has 1 aromatic carbocycles. The van der Waals surface area contributed by atoms with E-state index >= 15 is 0 Å². The van der Waals surface area contributed by atoms with E-state index in [9.17, 15) is 9.59 Å². The average Bonchev–Trinajstić information content (AvgIpc) is 2.48. The summed E-state index contributed by atoms with van der Waals surface area (Å²) >= 11 is 0. The van der Waals surface area contributed by atoms with E-state index in [0.717, 1.165) is 5.56 Å². The van der Waals surface area contributed by atoms with Crippen LogP contribution in [0, 0.1) is 5.92 Å². The van der Waals surface area contributed by atoms with Crippen LogP contribution in [0.1, 0.15) is 38.7 Å². The monoisotopic (exact) mass is 342 g/mol. The summed E-state index contributed by atoms with van der Waals surface area (Å²) in [5, 5.41) is 2.76. The molecular weight excluding hydrogens is 316 g/mol. The fraction of sp³-hybridized carbons (Fsp3) is 0.529. The quantitative estimate of drug-likeness (QED) is 0.710. The van der Waals surface area contributed by atoms with E-state index in [2.05, 4.69) is 5.32 Å². The minimum absolute atomic E-state index is 0. The number of carbonyl (C=O) groups excluding carboxylic acids is 2. The molecule has 0 aliphatic rings. The van der Waals surface area contributed by atoms with Gasteiger partial charge in [-0.05, 0) is 24.8 Å². The number of nitrogens with two attached hydrogens (primary N) is 1. The Bertz CT molecular complexity index is 480. The molecular formula is C17H27ClN2O3. The molecule has 0 heterocycles. The van der Waals surface area contributed by atoms with Crippen LogP contribution in [-0.4, -0.2) is 31.1 Å². The predicted molar refractivity (Wildman–Crippen MR) is 93.5 cm³/mol.